The molecule has 9 heteroatoms. The van der Waals surface area contributed by atoms with Gasteiger partial charge in [-0.25, -0.2) is 0 Å². The molecule has 14 heavy (non-hydrogen) atoms. The smallest absolute Gasteiger partial charge is 0.426 e. The van der Waals surface area contributed by atoms with E-state index in [2.05, 4.69) is 4.74 Å². The molecular formula is C5H7F3O5S. The van der Waals surface area contributed by atoms with Crippen molar-refractivity contribution in [2.24, 2.45) is 0 Å². The first-order chi connectivity index (χ1) is 6.02. The Bertz CT molecular complexity index is 306. The Morgan fingerprint density at radius 3 is 2.14 bits per heavy atom. The van der Waals surface area contributed by atoms with Crippen molar-refractivity contribution < 1.29 is 35.7 Å². The number of carbonyl (C=O) groups excluding carboxylic acids is 1. The molecule has 0 aromatic rings. The number of halogens is 3. The molecule has 0 saturated heterocycles. The van der Waals surface area contributed by atoms with Gasteiger partial charge in [0, 0.05) is 6.92 Å². The lowest BCUT2D eigenvalue weighted by molar-refractivity contribution is -0.214. The number of hydrogen-bond donors (Lipinski definition) is 1. The summed E-state index contributed by atoms with van der Waals surface area (Å²) in [5, 5.41) is 0. The third-order valence-corrected chi connectivity index (χ3v) is 1.76. The molecule has 0 amide bonds. The van der Waals surface area contributed by atoms with Gasteiger partial charge in [0.05, 0.1) is 0 Å². The van der Waals surface area contributed by atoms with Gasteiger partial charge in [0.15, 0.2) is 0 Å². The largest absolute Gasteiger partial charge is 0.452 e. The van der Waals surface area contributed by atoms with E-state index in [1.54, 1.807) is 0 Å². The number of carbonyl (C=O) groups is 1. The molecule has 0 spiro atoms. The zero-order chi connectivity index (χ0) is 11.6. The standard InChI is InChI=1S/C5H7F3O5S/c1-3(9)13-4(5(6,7)8)2-14(10,11)12/h4H,2H2,1H3,(H,10,11,12)/t4-/m1/s1. The number of ether oxygens (including phenoxy) is 1. The Hall–Kier alpha value is -0.830. The number of esters is 1. The molecular weight excluding hydrogens is 229 g/mol. The summed E-state index contributed by atoms with van der Waals surface area (Å²) in [5.41, 5.74) is 0. The van der Waals surface area contributed by atoms with E-state index in [9.17, 15) is 26.4 Å². The van der Waals surface area contributed by atoms with Gasteiger partial charge >= 0.3 is 12.1 Å². The predicted octanol–water partition coefficient (Wildman–Crippen LogP) is 0.368. The summed E-state index contributed by atoms with van der Waals surface area (Å²) in [6.45, 7) is 0.697. The zero-order valence-corrected chi connectivity index (χ0v) is 7.72. The van der Waals surface area contributed by atoms with E-state index >= 15 is 0 Å². The maximum absolute atomic E-state index is 12.0. The lowest BCUT2D eigenvalue weighted by Gasteiger charge is -2.18. The van der Waals surface area contributed by atoms with Crippen molar-refractivity contribution in [1.82, 2.24) is 0 Å². The molecule has 0 saturated carbocycles. The lowest BCUT2D eigenvalue weighted by Crippen LogP contribution is -2.39. The molecule has 0 aliphatic rings. The molecule has 0 rings (SSSR count). The lowest BCUT2D eigenvalue weighted by atomic mass is 10.4. The van der Waals surface area contributed by atoms with Crippen LogP contribution in [0.1, 0.15) is 6.92 Å². The van der Waals surface area contributed by atoms with Crippen molar-refractivity contribution in [3.63, 3.8) is 0 Å². The van der Waals surface area contributed by atoms with Crippen LogP contribution >= 0.6 is 0 Å². The van der Waals surface area contributed by atoms with Crippen LogP contribution in [0.5, 0.6) is 0 Å². The van der Waals surface area contributed by atoms with Crippen LogP contribution in [0.2, 0.25) is 0 Å². The Labute approximate surface area is 77.6 Å². The minimum atomic E-state index is -5.03. The highest BCUT2D eigenvalue weighted by atomic mass is 32.2. The molecule has 1 N–H and O–H groups in total. The predicted molar refractivity (Wildman–Crippen MR) is 38.0 cm³/mol. The van der Waals surface area contributed by atoms with Crippen LogP contribution in [0.3, 0.4) is 0 Å². The topological polar surface area (TPSA) is 80.7 Å². The third kappa shape index (κ3) is 5.75. The highest BCUT2D eigenvalue weighted by Crippen LogP contribution is 2.24. The fourth-order valence-corrected chi connectivity index (χ4v) is 1.23. The van der Waals surface area contributed by atoms with Crippen LogP contribution in [-0.2, 0) is 19.6 Å². The molecule has 1 atom stereocenters. The van der Waals surface area contributed by atoms with Crippen molar-refractivity contribution in [2.45, 2.75) is 19.2 Å². The molecule has 5 nitrogen and oxygen atoms in total. The normalized spacial score (nSPS) is 14.9. The van der Waals surface area contributed by atoms with E-state index in [4.69, 9.17) is 4.55 Å². The van der Waals surface area contributed by atoms with E-state index in [1.807, 2.05) is 0 Å². The Morgan fingerprint density at radius 2 is 1.93 bits per heavy atom. The summed E-state index contributed by atoms with van der Waals surface area (Å²) in [6, 6.07) is 0. The van der Waals surface area contributed by atoms with E-state index in [0.717, 1.165) is 0 Å². The second kappa shape index (κ2) is 4.13. The number of rotatable bonds is 3. The van der Waals surface area contributed by atoms with Crippen molar-refractivity contribution in [3.8, 4) is 0 Å². The van der Waals surface area contributed by atoms with Gasteiger partial charge in [-0.1, -0.05) is 0 Å². The van der Waals surface area contributed by atoms with Gasteiger partial charge in [-0.05, 0) is 0 Å². The summed E-state index contributed by atoms with van der Waals surface area (Å²) in [7, 11) is -4.85. The summed E-state index contributed by atoms with van der Waals surface area (Å²) in [4.78, 5) is 10.2. The van der Waals surface area contributed by atoms with Gasteiger partial charge in [-0.3, -0.25) is 9.35 Å². The van der Waals surface area contributed by atoms with Crippen molar-refractivity contribution >= 4 is 16.1 Å². The average Bonchev–Trinajstić information content (AvgIpc) is 1.78. The highest BCUT2D eigenvalue weighted by Gasteiger charge is 2.44. The minimum Gasteiger partial charge on any atom is -0.452 e. The summed E-state index contributed by atoms with van der Waals surface area (Å²) in [5.74, 6) is -2.98. The second-order valence-electron chi connectivity index (χ2n) is 2.39. The SMILES string of the molecule is CC(=O)O[C@H](CS(=O)(=O)O)C(F)(F)F. The summed E-state index contributed by atoms with van der Waals surface area (Å²) < 4.78 is 68.0. The van der Waals surface area contributed by atoms with Crippen LogP contribution in [0.15, 0.2) is 0 Å². The Kier molecular flexibility index (Phi) is 3.89. The van der Waals surface area contributed by atoms with Crippen molar-refractivity contribution in [3.05, 3.63) is 0 Å². The molecule has 0 aromatic carbocycles. The van der Waals surface area contributed by atoms with Gasteiger partial charge in [0.2, 0.25) is 6.10 Å². The molecule has 0 aliphatic carbocycles. The van der Waals surface area contributed by atoms with E-state index in [0.29, 0.717) is 6.92 Å². The summed E-state index contributed by atoms with van der Waals surface area (Å²) >= 11 is 0. The first-order valence-electron chi connectivity index (χ1n) is 3.21. The van der Waals surface area contributed by atoms with Crippen molar-refractivity contribution in [1.29, 1.82) is 0 Å². The molecule has 0 fully saturated rings. The molecule has 0 aromatic heterocycles. The van der Waals surface area contributed by atoms with Crippen molar-refractivity contribution in [2.75, 3.05) is 5.75 Å². The monoisotopic (exact) mass is 236 g/mol. The van der Waals surface area contributed by atoms with Gasteiger partial charge in [0.25, 0.3) is 10.1 Å². The second-order valence-corrected chi connectivity index (χ2v) is 3.89. The Balaban J connectivity index is 4.67. The average molecular weight is 236 g/mol. The molecule has 0 bridgehead atoms. The fourth-order valence-electron chi connectivity index (χ4n) is 0.587. The maximum Gasteiger partial charge on any atom is 0.426 e. The highest BCUT2D eigenvalue weighted by molar-refractivity contribution is 7.85. The first-order valence-corrected chi connectivity index (χ1v) is 4.82. The van der Waals surface area contributed by atoms with E-state index in [-0.39, 0.29) is 0 Å². The molecule has 0 unspecified atom stereocenters. The first kappa shape index (κ1) is 13.2. The van der Waals surface area contributed by atoms with Gasteiger partial charge in [-0.2, -0.15) is 21.6 Å². The quantitative estimate of drug-likeness (QED) is 0.565. The third-order valence-electron chi connectivity index (χ3n) is 1.04. The fraction of sp³-hybridized carbons (Fsp3) is 0.800. The molecule has 0 aliphatic heterocycles. The van der Waals surface area contributed by atoms with Gasteiger partial charge < -0.3 is 4.74 Å². The number of hydrogen-bond acceptors (Lipinski definition) is 4. The van der Waals surface area contributed by atoms with Gasteiger partial charge in [0.1, 0.15) is 5.75 Å². The van der Waals surface area contributed by atoms with Crippen LogP contribution in [0, 0.1) is 0 Å². The zero-order valence-electron chi connectivity index (χ0n) is 6.91. The van der Waals surface area contributed by atoms with E-state index in [1.165, 1.54) is 0 Å². The number of alkyl halides is 3. The minimum absolute atomic E-state index is 0.697. The molecule has 0 heterocycles. The van der Waals surface area contributed by atoms with Crippen LogP contribution in [-0.4, -0.2) is 37.0 Å². The summed E-state index contributed by atoms with van der Waals surface area (Å²) in [6.07, 6.45) is -7.86. The maximum atomic E-state index is 12.0. The van der Waals surface area contributed by atoms with Crippen LogP contribution < -0.4 is 0 Å². The molecule has 84 valence electrons. The van der Waals surface area contributed by atoms with E-state index < -0.39 is 34.1 Å². The van der Waals surface area contributed by atoms with Gasteiger partial charge in [-0.15, -0.1) is 0 Å². The van der Waals surface area contributed by atoms with Crippen LogP contribution in [0.25, 0.3) is 0 Å². The molecule has 0 radical (unpaired) electrons. The Morgan fingerprint density at radius 1 is 1.50 bits per heavy atom. The van der Waals surface area contributed by atoms with Crippen LogP contribution in [0.4, 0.5) is 13.2 Å².